The number of rotatable bonds is 4. The molecule has 4 heteroatoms. The van der Waals surface area contributed by atoms with E-state index in [1.807, 2.05) is 99.8 Å². The van der Waals surface area contributed by atoms with E-state index in [0.29, 0.717) is 17.0 Å². The summed E-state index contributed by atoms with van der Waals surface area (Å²) < 4.78 is 0. The fourth-order valence-corrected chi connectivity index (χ4v) is 3.75. The molecule has 0 fully saturated rings. The number of carbonyl (C=O) groups excluding carboxylic acids is 2. The van der Waals surface area contributed by atoms with Crippen molar-refractivity contribution in [3.05, 3.63) is 101 Å². The van der Waals surface area contributed by atoms with E-state index >= 15 is 0 Å². The summed E-state index contributed by atoms with van der Waals surface area (Å²) >= 11 is 0. The predicted molar refractivity (Wildman–Crippen MR) is 117 cm³/mol. The number of para-hydroxylation sites is 1. The summed E-state index contributed by atoms with van der Waals surface area (Å²) in [7, 11) is 1.82. The molecule has 0 saturated heterocycles. The van der Waals surface area contributed by atoms with Crippen molar-refractivity contribution >= 4 is 28.8 Å². The van der Waals surface area contributed by atoms with Crippen LogP contribution in [0.3, 0.4) is 0 Å². The maximum atomic E-state index is 13.6. The highest BCUT2D eigenvalue weighted by atomic mass is 16.2. The number of anilines is 2. The minimum absolute atomic E-state index is 0.300. The van der Waals surface area contributed by atoms with Gasteiger partial charge in [-0.3, -0.25) is 9.59 Å². The number of benzene rings is 3. The fourth-order valence-electron chi connectivity index (χ4n) is 3.75. The molecule has 0 aliphatic carbocycles. The second-order valence-electron chi connectivity index (χ2n) is 7.22. The lowest BCUT2D eigenvalue weighted by atomic mass is 10.0. The standard InChI is InChI=1S/C25H22N2O2/c1-17-14-15-21(18(2)16-17)27-24(28)22(19-10-6-4-7-11-19)23(25(27)29)26(3)20-12-8-5-9-13-20/h4-16H,1-3H3. The lowest BCUT2D eigenvalue weighted by Crippen LogP contribution is -2.34. The summed E-state index contributed by atoms with van der Waals surface area (Å²) in [6.07, 6.45) is 0. The van der Waals surface area contributed by atoms with Crippen LogP contribution in [0.15, 0.2) is 84.6 Å². The molecule has 4 nitrogen and oxygen atoms in total. The molecule has 4 rings (SSSR count). The summed E-state index contributed by atoms with van der Waals surface area (Å²) in [4.78, 5) is 30.2. The first-order valence-electron chi connectivity index (χ1n) is 9.53. The van der Waals surface area contributed by atoms with Crippen LogP contribution in [0, 0.1) is 13.8 Å². The quantitative estimate of drug-likeness (QED) is 0.613. The minimum Gasteiger partial charge on any atom is -0.339 e. The molecule has 0 saturated carbocycles. The molecule has 0 spiro atoms. The Morgan fingerprint density at radius 1 is 0.759 bits per heavy atom. The molecule has 1 heterocycles. The van der Waals surface area contributed by atoms with Crippen LogP contribution in [-0.4, -0.2) is 18.9 Å². The molecule has 1 aliphatic heterocycles. The van der Waals surface area contributed by atoms with Gasteiger partial charge in [0.1, 0.15) is 5.70 Å². The zero-order valence-corrected chi connectivity index (χ0v) is 16.7. The SMILES string of the molecule is Cc1ccc(N2C(=O)C(c3ccccc3)=C(N(C)c3ccccc3)C2=O)c(C)c1. The van der Waals surface area contributed by atoms with Gasteiger partial charge in [0.2, 0.25) is 0 Å². The van der Waals surface area contributed by atoms with E-state index in [1.165, 1.54) is 4.90 Å². The average Bonchev–Trinajstić information content (AvgIpc) is 2.99. The second-order valence-corrected chi connectivity index (χ2v) is 7.22. The zero-order chi connectivity index (χ0) is 20.5. The third-order valence-electron chi connectivity index (χ3n) is 5.19. The van der Waals surface area contributed by atoms with Gasteiger partial charge in [-0.25, -0.2) is 4.90 Å². The Balaban J connectivity index is 1.89. The van der Waals surface area contributed by atoms with Crippen molar-refractivity contribution in [3.63, 3.8) is 0 Å². The molecule has 1 aliphatic rings. The molecule has 0 unspecified atom stereocenters. The van der Waals surface area contributed by atoms with Gasteiger partial charge in [-0.05, 0) is 43.2 Å². The molecule has 0 bridgehead atoms. The van der Waals surface area contributed by atoms with Gasteiger partial charge < -0.3 is 4.90 Å². The monoisotopic (exact) mass is 382 g/mol. The molecule has 144 valence electrons. The lowest BCUT2D eigenvalue weighted by molar-refractivity contribution is -0.120. The molecule has 29 heavy (non-hydrogen) atoms. The number of aryl methyl sites for hydroxylation is 2. The summed E-state index contributed by atoms with van der Waals surface area (Å²) in [6, 6.07) is 24.7. The van der Waals surface area contributed by atoms with Gasteiger partial charge in [-0.2, -0.15) is 0 Å². The topological polar surface area (TPSA) is 40.6 Å². The molecule has 3 aromatic rings. The van der Waals surface area contributed by atoms with E-state index in [-0.39, 0.29) is 11.8 Å². The van der Waals surface area contributed by atoms with Crippen LogP contribution in [0.5, 0.6) is 0 Å². The van der Waals surface area contributed by atoms with Gasteiger partial charge in [0.05, 0.1) is 11.3 Å². The van der Waals surface area contributed by atoms with E-state index < -0.39 is 0 Å². The largest absolute Gasteiger partial charge is 0.339 e. The summed E-state index contributed by atoms with van der Waals surface area (Å²) in [6.45, 7) is 3.91. The van der Waals surface area contributed by atoms with Crippen molar-refractivity contribution < 1.29 is 9.59 Å². The van der Waals surface area contributed by atoms with Crippen molar-refractivity contribution in [1.29, 1.82) is 0 Å². The molecular weight excluding hydrogens is 360 g/mol. The van der Waals surface area contributed by atoms with Crippen LogP contribution in [0.1, 0.15) is 16.7 Å². The van der Waals surface area contributed by atoms with E-state index in [1.54, 1.807) is 4.90 Å². The highest BCUT2D eigenvalue weighted by Crippen LogP contribution is 2.37. The Hall–Kier alpha value is -3.66. The molecule has 0 radical (unpaired) electrons. The van der Waals surface area contributed by atoms with Gasteiger partial charge in [0.15, 0.2) is 0 Å². The highest BCUT2D eigenvalue weighted by Gasteiger charge is 2.42. The van der Waals surface area contributed by atoms with Crippen LogP contribution in [0.25, 0.3) is 5.57 Å². The normalized spacial score (nSPS) is 14.0. The van der Waals surface area contributed by atoms with Crippen molar-refractivity contribution in [2.45, 2.75) is 13.8 Å². The summed E-state index contributed by atoms with van der Waals surface area (Å²) in [5.74, 6) is -0.613. The van der Waals surface area contributed by atoms with Crippen LogP contribution < -0.4 is 9.80 Å². The first-order valence-corrected chi connectivity index (χ1v) is 9.53. The van der Waals surface area contributed by atoms with Gasteiger partial charge in [0, 0.05) is 12.7 Å². The minimum atomic E-state index is -0.313. The third kappa shape index (κ3) is 3.23. The van der Waals surface area contributed by atoms with Crippen molar-refractivity contribution in [1.82, 2.24) is 0 Å². The second kappa shape index (κ2) is 7.40. The van der Waals surface area contributed by atoms with E-state index in [4.69, 9.17) is 0 Å². The van der Waals surface area contributed by atoms with Gasteiger partial charge >= 0.3 is 0 Å². The average molecular weight is 382 g/mol. The number of carbonyl (C=O) groups is 2. The van der Waals surface area contributed by atoms with E-state index in [9.17, 15) is 9.59 Å². The Bertz CT molecular complexity index is 1120. The molecule has 3 aromatic carbocycles. The van der Waals surface area contributed by atoms with Crippen molar-refractivity contribution in [2.24, 2.45) is 0 Å². The smallest absolute Gasteiger partial charge is 0.282 e. The van der Waals surface area contributed by atoms with Gasteiger partial charge in [-0.1, -0.05) is 66.2 Å². The van der Waals surface area contributed by atoms with Crippen LogP contribution in [0.4, 0.5) is 11.4 Å². The lowest BCUT2D eigenvalue weighted by Gasteiger charge is -2.22. The summed E-state index contributed by atoms with van der Waals surface area (Å²) in [5, 5.41) is 0. The Morgan fingerprint density at radius 3 is 2.00 bits per heavy atom. The Kier molecular flexibility index (Phi) is 4.77. The summed E-state index contributed by atoms with van der Waals surface area (Å²) in [5.41, 5.74) is 4.98. The zero-order valence-electron chi connectivity index (χ0n) is 16.7. The van der Waals surface area contributed by atoms with Crippen molar-refractivity contribution in [3.8, 4) is 0 Å². The number of nitrogens with zero attached hydrogens (tertiary/aromatic N) is 2. The number of likely N-dealkylation sites (N-methyl/N-ethyl adjacent to an activating group) is 1. The number of imide groups is 1. The Morgan fingerprint density at radius 2 is 1.38 bits per heavy atom. The maximum absolute atomic E-state index is 13.6. The van der Waals surface area contributed by atoms with Crippen molar-refractivity contribution in [2.75, 3.05) is 16.8 Å². The highest BCUT2D eigenvalue weighted by molar-refractivity contribution is 6.46. The number of hydrogen-bond acceptors (Lipinski definition) is 3. The molecule has 0 aromatic heterocycles. The first-order chi connectivity index (χ1) is 14.0. The number of amides is 2. The Labute approximate surface area is 170 Å². The van der Waals surface area contributed by atoms with Gasteiger partial charge in [0.25, 0.3) is 11.8 Å². The molecule has 0 N–H and O–H groups in total. The fraction of sp³-hybridized carbons (Fsp3) is 0.120. The van der Waals surface area contributed by atoms with E-state index in [0.717, 1.165) is 22.4 Å². The predicted octanol–water partition coefficient (Wildman–Crippen LogP) is 4.72. The van der Waals surface area contributed by atoms with Gasteiger partial charge in [-0.15, -0.1) is 0 Å². The molecular formula is C25H22N2O2. The molecule has 2 amide bonds. The van der Waals surface area contributed by atoms with Crippen LogP contribution >= 0.6 is 0 Å². The molecule has 0 atom stereocenters. The van der Waals surface area contributed by atoms with Crippen LogP contribution in [0.2, 0.25) is 0 Å². The third-order valence-corrected chi connectivity index (χ3v) is 5.19. The van der Waals surface area contributed by atoms with Crippen LogP contribution in [-0.2, 0) is 9.59 Å². The number of hydrogen-bond donors (Lipinski definition) is 0. The first kappa shape index (κ1) is 18.7. The van der Waals surface area contributed by atoms with E-state index in [2.05, 4.69) is 0 Å². The maximum Gasteiger partial charge on any atom is 0.282 e.